The van der Waals surface area contributed by atoms with Gasteiger partial charge >= 0.3 is 17.4 Å². The van der Waals surface area contributed by atoms with Crippen LogP contribution in [-0.4, -0.2) is 17.4 Å². The van der Waals surface area contributed by atoms with Crippen LogP contribution in [0.4, 0.5) is 0 Å². The second-order valence-corrected chi connectivity index (χ2v) is 20.9. The van der Waals surface area contributed by atoms with Crippen LogP contribution in [0.5, 0.6) is 17.2 Å². The van der Waals surface area contributed by atoms with Gasteiger partial charge in [0.05, 0.1) is 0 Å². The van der Waals surface area contributed by atoms with Gasteiger partial charge in [0.25, 0.3) is 0 Å². The van der Waals surface area contributed by atoms with E-state index in [-0.39, 0.29) is 34.6 Å². The first-order valence-electron chi connectivity index (χ1n) is 30.3. The zero-order chi connectivity index (χ0) is 49.8. The Hall–Kier alpha value is -2.41. The fourth-order valence-electron chi connectivity index (χ4n) is 9.66. The van der Waals surface area contributed by atoms with Crippen molar-refractivity contribution in [2.24, 2.45) is 0 Å². The SMILES string of the molecule is CCCCCCCCCCCCCCCCc1ccccc1[O-].CCCCCCCCCCCCCCCCc1ccccc1[O-].CCCCCCCCCCCCCCCCc1ccccc1[O-].[Al+3]. The van der Waals surface area contributed by atoms with Gasteiger partial charge in [-0.1, -0.05) is 361 Å². The zero-order valence-electron chi connectivity index (χ0n) is 46.6. The van der Waals surface area contributed by atoms with E-state index in [0.717, 1.165) is 55.2 Å². The Balaban J connectivity index is 0.00000101. The van der Waals surface area contributed by atoms with E-state index >= 15 is 0 Å². The molecule has 3 nitrogen and oxygen atoms in total. The number of hydrogen-bond donors (Lipinski definition) is 0. The van der Waals surface area contributed by atoms with Gasteiger partial charge in [0.15, 0.2) is 0 Å². The fraction of sp³-hybridized carbons (Fsp3) is 0.727. The van der Waals surface area contributed by atoms with Crippen molar-refractivity contribution in [2.75, 3.05) is 0 Å². The number of benzene rings is 3. The van der Waals surface area contributed by atoms with Crippen LogP contribution in [0.2, 0.25) is 0 Å². The largest absolute Gasteiger partial charge is 3.00 e. The van der Waals surface area contributed by atoms with Gasteiger partial charge in [0.2, 0.25) is 0 Å². The second kappa shape index (κ2) is 54.4. The molecule has 0 radical (unpaired) electrons. The summed E-state index contributed by atoms with van der Waals surface area (Å²) in [5, 5.41) is 34.8. The maximum absolute atomic E-state index is 11.6. The summed E-state index contributed by atoms with van der Waals surface area (Å²) in [6.07, 6.45) is 60.9. The van der Waals surface area contributed by atoms with E-state index in [2.05, 4.69) is 20.8 Å². The van der Waals surface area contributed by atoms with Gasteiger partial charge in [-0.2, -0.15) is 0 Å². The van der Waals surface area contributed by atoms with Crippen molar-refractivity contribution >= 4 is 17.4 Å². The van der Waals surface area contributed by atoms with Crippen LogP contribution in [0.25, 0.3) is 0 Å². The molecule has 0 heterocycles. The van der Waals surface area contributed by atoms with E-state index < -0.39 is 0 Å². The molecule has 0 saturated carbocycles. The summed E-state index contributed by atoms with van der Waals surface area (Å²) in [4.78, 5) is 0. The Bertz CT molecular complexity index is 1300. The van der Waals surface area contributed by atoms with E-state index in [4.69, 9.17) is 0 Å². The number of rotatable bonds is 45. The normalized spacial score (nSPS) is 10.8. The number of unbranched alkanes of at least 4 members (excludes halogenated alkanes) is 39. The zero-order valence-corrected chi connectivity index (χ0v) is 47.7. The first-order valence-corrected chi connectivity index (χ1v) is 30.3. The van der Waals surface area contributed by atoms with Crippen LogP contribution in [-0.2, 0) is 19.3 Å². The smallest absolute Gasteiger partial charge is 0.872 e. The Kier molecular flexibility index (Phi) is 52.5. The van der Waals surface area contributed by atoms with Crippen molar-refractivity contribution in [3.8, 4) is 17.2 Å². The monoisotopic (exact) mass is 979 g/mol. The molecule has 3 aromatic carbocycles. The molecule has 0 aliphatic carbocycles. The average Bonchev–Trinajstić information content (AvgIpc) is 3.36. The third kappa shape index (κ3) is 44.3. The van der Waals surface area contributed by atoms with Gasteiger partial charge < -0.3 is 15.3 Å². The van der Waals surface area contributed by atoms with Gasteiger partial charge in [-0.05, 0) is 38.5 Å². The van der Waals surface area contributed by atoms with Gasteiger partial charge in [-0.15, -0.1) is 17.2 Å². The van der Waals surface area contributed by atoms with Crippen LogP contribution >= 0.6 is 0 Å². The van der Waals surface area contributed by atoms with Crippen molar-refractivity contribution in [1.29, 1.82) is 0 Å². The summed E-state index contributed by atoms with van der Waals surface area (Å²) in [6, 6.07) is 22.4. The van der Waals surface area contributed by atoms with Crippen LogP contribution < -0.4 is 15.3 Å². The van der Waals surface area contributed by atoms with Gasteiger partial charge in [-0.3, -0.25) is 0 Å². The predicted molar refractivity (Wildman–Crippen MR) is 305 cm³/mol. The fourth-order valence-corrected chi connectivity index (χ4v) is 9.66. The van der Waals surface area contributed by atoms with Crippen molar-refractivity contribution < 1.29 is 15.3 Å². The molecule has 0 saturated heterocycles. The average molecular weight is 980 g/mol. The van der Waals surface area contributed by atoms with E-state index in [1.165, 1.54) is 250 Å². The third-order valence-corrected chi connectivity index (χ3v) is 14.3. The van der Waals surface area contributed by atoms with Crippen LogP contribution in [0, 0.1) is 0 Å². The second-order valence-electron chi connectivity index (χ2n) is 20.9. The molecule has 0 amide bonds. The third-order valence-electron chi connectivity index (χ3n) is 14.3. The Morgan fingerprint density at radius 2 is 0.357 bits per heavy atom. The number of para-hydroxylation sites is 3. The molecule has 0 unspecified atom stereocenters. The molecule has 3 rings (SSSR count). The predicted octanol–water partition coefficient (Wildman–Crippen LogP) is 20.0. The molecule has 3 aromatic rings. The maximum Gasteiger partial charge on any atom is 3.00 e. The number of aryl methyl sites for hydroxylation is 3. The van der Waals surface area contributed by atoms with Gasteiger partial charge in [-0.25, -0.2) is 0 Å². The van der Waals surface area contributed by atoms with Crippen LogP contribution in [0.15, 0.2) is 72.8 Å². The van der Waals surface area contributed by atoms with Crippen molar-refractivity contribution in [3.05, 3.63) is 89.5 Å². The Morgan fingerprint density at radius 1 is 0.214 bits per heavy atom. The van der Waals surface area contributed by atoms with Crippen molar-refractivity contribution in [2.45, 2.75) is 310 Å². The first-order chi connectivity index (χ1) is 34.0. The summed E-state index contributed by atoms with van der Waals surface area (Å²) >= 11 is 0. The minimum Gasteiger partial charge on any atom is -0.872 e. The Labute approximate surface area is 446 Å². The molecular formula is C66H111AlO3. The number of hydrogen-bond acceptors (Lipinski definition) is 3. The minimum atomic E-state index is 0. The van der Waals surface area contributed by atoms with Gasteiger partial charge in [0, 0.05) is 0 Å². The minimum absolute atomic E-state index is 0. The Morgan fingerprint density at radius 3 is 0.514 bits per heavy atom. The summed E-state index contributed by atoms with van der Waals surface area (Å²) in [7, 11) is 0. The molecule has 396 valence electrons. The molecule has 4 heteroatoms. The summed E-state index contributed by atoms with van der Waals surface area (Å²) in [5.74, 6) is 0.631. The molecule has 0 N–H and O–H groups in total. The van der Waals surface area contributed by atoms with Gasteiger partial charge in [0.1, 0.15) is 0 Å². The van der Waals surface area contributed by atoms with E-state index in [0.29, 0.717) is 0 Å². The summed E-state index contributed by atoms with van der Waals surface area (Å²) in [6.45, 7) is 6.84. The molecular weight excluding hydrogens is 868 g/mol. The summed E-state index contributed by atoms with van der Waals surface area (Å²) in [5.41, 5.74) is 2.98. The van der Waals surface area contributed by atoms with Crippen molar-refractivity contribution in [3.63, 3.8) is 0 Å². The standard InChI is InChI=1S/3C22H38O.Al/c3*1-2-3-4-5-6-7-8-9-10-11-12-13-14-15-18-21-19-16-17-20-22(21)23;/h3*16-17,19-20,23H,2-15,18H2,1H3;/q;;;+3/p-3. The molecule has 0 atom stereocenters. The molecule has 0 spiro atoms. The van der Waals surface area contributed by atoms with Crippen LogP contribution in [0.1, 0.15) is 307 Å². The molecule has 70 heavy (non-hydrogen) atoms. The van der Waals surface area contributed by atoms with E-state index in [1.807, 2.05) is 54.6 Å². The molecule has 0 aromatic heterocycles. The maximum atomic E-state index is 11.6. The van der Waals surface area contributed by atoms with Crippen LogP contribution in [0.3, 0.4) is 0 Å². The molecule has 0 aliphatic heterocycles. The quantitative estimate of drug-likeness (QED) is 0.0418. The molecule has 0 bridgehead atoms. The van der Waals surface area contributed by atoms with Crippen molar-refractivity contribution in [1.82, 2.24) is 0 Å². The van der Waals surface area contributed by atoms with E-state index in [1.54, 1.807) is 18.2 Å². The molecule has 0 aliphatic rings. The molecule has 0 fully saturated rings. The topological polar surface area (TPSA) is 69.2 Å². The van der Waals surface area contributed by atoms with E-state index in [9.17, 15) is 15.3 Å². The summed E-state index contributed by atoms with van der Waals surface area (Å²) < 4.78 is 0. The first kappa shape index (κ1) is 67.6.